The molecule has 2 aromatic rings. The second-order valence-electron chi connectivity index (χ2n) is 5.21. The fourth-order valence-electron chi connectivity index (χ4n) is 2.65. The van der Waals surface area contributed by atoms with Gasteiger partial charge < -0.3 is 4.57 Å². The zero-order chi connectivity index (χ0) is 16.9. The summed E-state index contributed by atoms with van der Waals surface area (Å²) in [6.07, 6.45) is -2.28. The van der Waals surface area contributed by atoms with E-state index in [-0.39, 0.29) is 17.7 Å². The molecule has 2 nitrogen and oxygen atoms in total. The van der Waals surface area contributed by atoms with Gasteiger partial charge in [0.05, 0.1) is 11.1 Å². The van der Waals surface area contributed by atoms with Crippen molar-refractivity contribution >= 4 is 28.4 Å². The molecule has 3 rings (SSSR count). The molecular formula is C15H9F5INO. The Labute approximate surface area is 141 Å². The summed E-state index contributed by atoms with van der Waals surface area (Å²) in [5.74, 6) is -5.73. The van der Waals surface area contributed by atoms with E-state index in [2.05, 4.69) is 0 Å². The Morgan fingerprint density at radius 2 is 1.96 bits per heavy atom. The summed E-state index contributed by atoms with van der Waals surface area (Å²) in [5.41, 5.74) is -0.326. The van der Waals surface area contributed by atoms with Crippen LogP contribution in [0.5, 0.6) is 0 Å². The molecule has 23 heavy (non-hydrogen) atoms. The lowest BCUT2D eigenvalue weighted by molar-refractivity contribution is 0.00165. The Hall–Kier alpha value is -1.45. The first-order valence-corrected chi connectivity index (χ1v) is 7.70. The molecule has 0 aliphatic heterocycles. The Kier molecular flexibility index (Phi) is 3.97. The number of fused-ring (bicyclic) bond motifs is 1. The molecule has 0 amide bonds. The molecule has 1 aliphatic carbocycles. The topological polar surface area (TPSA) is 22.0 Å². The molecule has 0 fully saturated rings. The Balaban J connectivity index is 2.16. The van der Waals surface area contributed by atoms with Crippen LogP contribution in [-0.4, -0.2) is 16.3 Å². The third-order valence-corrected chi connectivity index (χ3v) is 4.61. The van der Waals surface area contributed by atoms with Gasteiger partial charge in [0.1, 0.15) is 5.82 Å². The second kappa shape index (κ2) is 5.57. The highest BCUT2D eigenvalue weighted by atomic mass is 127. The maximum Gasteiger partial charge on any atom is 0.310 e. The average molecular weight is 441 g/mol. The first-order valence-electron chi connectivity index (χ1n) is 6.62. The minimum atomic E-state index is -3.42. The van der Waals surface area contributed by atoms with Crippen molar-refractivity contribution in [2.45, 2.75) is 25.2 Å². The summed E-state index contributed by atoms with van der Waals surface area (Å²) in [4.78, 5) is 11.9. The number of carbonyl (C=O) groups is 1. The molecule has 0 atom stereocenters. The Morgan fingerprint density at radius 3 is 2.61 bits per heavy atom. The van der Waals surface area contributed by atoms with Crippen molar-refractivity contribution < 1.29 is 26.7 Å². The molecule has 0 bridgehead atoms. The van der Waals surface area contributed by atoms with Crippen LogP contribution in [0.4, 0.5) is 22.0 Å². The smallest absolute Gasteiger partial charge is 0.310 e. The summed E-state index contributed by atoms with van der Waals surface area (Å²) >= 11 is 1.75. The minimum Gasteiger partial charge on any atom is -0.319 e. The molecule has 0 N–H and O–H groups in total. The van der Waals surface area contributed by atoms with Gasteiger partial charge in [-0.05, 0) is 47.2 Å². The van der Waals surface area contributed by atoms with Gasteiger partial charge >= 0.3 is 5.92 Å². The van der Waals surface area contributed by atoms with Crippen LogP contribution in [0.2, 0.25) is 0 Å². The quantitative estimate of drug-likeness (QED) is 0.479. The van der Waals surface area contributed by atoms with Gasteiger partial charge in [-0.1, -0.05) is 0 Å². The van der Waals surface area contributed by atoms with E-state index >= 15 is 0 Å². The van der Waals surface area contributed by atoms with Gasteiger partial charge in [-0.25, -0.2) is 13.2 Å². The number of ketones is 1. The van der Waals surface area contributed by atoms with Crippen LogP contribution in [0.3, 0.4) is 0 Å². The van der Waals surface area contributed by atoms with Crippen LogP contribution >= 0.6 is 22.6 Å². The van der Waals surface area contributed by atoms with Crippen LogP contribution in [0.25, 0.3) is 5.69 Å². The predicted octanol–water partition coefficient (Wildman–Crippen LogP) is 4.92. The van der Waals surface area contributed by atoms with Crippen LogP contribution < -0.4 is 0 Å². The van der Waals surface area contributed by atoms with Crippen LogP contribution in [-0.2, 0) is 6.42 Å². The fraction of sp³-hybridized carbons (Fsp3) is 0.267. The number of benzene rings is 1. The lowest BCUT2D eigenvalue weighted by atomic mass is 9.93. The summed E-state index contributed by atoms with van der Waals surface area (Å²) in [7, 11) is 0. The molecule has 1 aliphatic rings. The maximum absolute atomic E-state index is 13.6. The first kappa shape index (κ1) is 16.4. The summed E-state index contributed by atoms with van der Waals surface area (Å²) in [5, 5.41) is 0. The highest BCUT2D eigenvalue weighted by molar-refractivity contribution is 14.1. The number of alkyl halides is 4. The number of aromatic nitrogens is 1. The number of carbonyl (C=O) groups excluding carboxylic acids is 1. The number of Topliss-reactive ketones (excluding diaryl/α,β-unsaturated/α-hetero) is 1. The molecule has 1 aromatic heterocycles. The predicted molar refractivity (Wildman–Crippen MR) is 81.0 cm³/mol. The van der Waals surface area contributed by atoms with Crippen molar-refractivity contribution in [2.24, 2.45) is 0 Å². The minimum absolute atomic E-state index is 0.0710. The Morgan fingerprint density at radius 1 is 1.26 bits per heavy atom. The third kappa shape index (κ3) is 2.66. The fourth-order valence-corrected chi connectivity index (χ4v) is 3.48. The number of nitrogens with zero attached hydrogens (tertiary/aromatic N) is 1. The Bertz CT molecular complexity index is 799. The zero-order valence-corrected chi connectivity index (χ0v) is 13.6. The van der Waals surface area contributed by atoms with Gasteiger partial charge in [0, 0.05) is 27.6 Å². The largest absolute Gasteiger partial charge is 0.319 e. The standard InChI is InChI=1S/C15H9F5INO/c16-9-2-1-7(5-8(9)14(17)18)22-6-10(21)12-11(22)3-4-15(19,20)13(12)23/h1-2,5-6,14H,3-4H2. The van der Waals surface area contributed by atoms with Gasteiger partial charge in [0.15, 0.2) is 0 Å². The monoisotopic (exact) mass is 441 g/mol. The number of rotatable bonds is 2. The van der Waals surface area contributed by atoms with E-state index in [1.807, 2.05) is 0 Å². The summed E-state index contributed by atoms with van der Waals surface area (Å²) in [6.45, 7) is 0. The van der Waals surface area contributed by atoms with Gasteiger partial charge in [-0.2, -0.15) is 8.78 Å². The van der Waals surface area contributed by atoms with E-state index in [1.165, 1.54) is 16.8 Å². The van der Waals surface area contributed by atoms with Gasteiger partial charge in [0.25, 0.3) is 6.43 Å². The molecule has 8 heteroatoms. The van der Waals surface area contributed by atoms with Gasteiger partial charge in [0.2, 0.25) is 5.78 Å². The van der Waals surface area contributed by atoms with Crippen molar-refractivity contribution in [3.8, 4) is 5.69 Å². The van der Waals surface area contributed by atoms with E-state index in [0.29, 0.717) is 9.26 Å². The van der Waals surface area contributed by atoms with Gasteiger partial charge in [-0.15, -0.1) is 0 Å². The number of hydrogen-bond acceptors (Lipinski definition) is 1. The normalized spacial score (nSPS) is 16.7. The van der Waals surface area contributed by atoms with Crippen LogP contribution in [0.1, 0.15) is 34.5 Å². The number of hydrogen-bond donors (Lipinski definition) is 0. The molecular weight excluding hydrogens is 432 g/mol. The van der Waals surface area contributed by atoms with E-state index in [9.17, 15) is 26.7 Å². The molecule has 1 aromatic carbocycles. The zero-order valence-electron chi connectivity index (χ0n) is 11.4. The molecule has 1 heterocycles. The highest BCUT2D eigenvalue weighted by Gasteiger charge is 2.45. The van der Waals surface area contributed by atoms with E-state index in [1.54, 1.807) is 22.6 Å². The first-order chi connectivity index (χ1) is 10.7. The SMILES string of the molecule is O=C1c2c(I)cn(-c3ccc(F)c(C(F)F)c3)c2CCC1(F)F. The lowest BCUT2D eigenvalue weighted by Gasteiger charge is -2.22. The van der Waals surface area contributed by atoms with E-state index < -0.39 is 35.9 Å². The van der Waals surface area contributed by atoms with Crippen molar-refractivity contribution in [3.05, 3.63) is 50.6 Å². The second-order valence-corrected chi connectivity index (χ2v) is 6.37. The van der Waals surface area contributed by atoms with Crippen molar-refractivity contribution in [3.63, 3.8) is 0 Å². The van der Waals surface area contributed by atoms with Crippen molar-refractivity contribution in [2.75, 3.05) is 0 Å². The molecule has 0 unspecified atom stereocenters. The molecule has 122 valence electrons. The van der Waals surface area contributed by atoms with Crippen LogP contribution in [0, 0.1) is 9.39 Å². The van der Waals surface area contributed by atoms with Gasteiger partial charge in [-0.3, -0.25) is 4.79 Å². The van der Waals surface area contributed by atoms with E-state index in [0.717, 1.165) is 12.1 Å². The third-order valence-electron chi connectivity index (χ3n) is 3.79. The summed E-state index contributed by atoms with van der Waals surface area (Å²) < 4.78 is 67.9. The molecule has 0 saturated heterocycles. The molecule has 0 radical (unpaired) electrons. The van der Waals surface area contributed by atoms with E-state index in [4.69, 9.17) is 0 Å². The van der Waals surface area contributed by atoms with Crippen LogP contribution in [0.15, 0.2) is 24.4 Å². The average Bonchev–Trinajstić information content (AvgIpc) is 2.81. The molecule has 0 spiro atoms. The summed E-state index contributed by atoms with van der Waals surface area (Å²) in [6, 6.07) is 3.14. The molecule has 0 saturated carbocycles. The highest BCUT2D eigenvalue weighted by Crippen LogP contribution is 2.37. The number of halogens is 6. The lowest BCUT2D eigenvalue weighted by Crippen LogP contribution is -2.34. The van der Waals surface area contributed by atoms with Crippen molar-refractivity contribution in [1.29, 1.82) is 0 Å². The maximum atomic E-state index is 13.6. The van der Waals surface area contributed by atoms with Crippen molar-refractivity contribution in [1.82, 2.24) is 4.57 Å².